The Labute approximate surface area is 138 Å². The molecule has 23 heavy (non-hydrogen) atoms. The zero-order valence-electron chi connectivity index (χ0n) is 14.2. The first-order valence-corrected chi connectivity index (χ1v) is 8.72. The maximum atomic E-state index is 4.81. The van der Waals surface area contributed by atoms with Crippen molar-refractivity contribution < 1.29 is 0 Å². The molecule has 1 saturated heterocycles. The smallest absolute Gasteiger partial charge is 0.193 e. The number of fused-ring (bicyclic) bond motifs is 1. The van der Waals surface area contributed by atoms with Crippen LogP contribution in [0.25, 0.3) is 5.65 Å². The Bertz CT molecular complexity index is 619. The Kier molecular flexibility index (Phi) is 5.16. The van der Waals surface area contributed by atoms with Crippen LogP contribution in [0.5, 0.6) is 0 Å². The lowest BCUT2D eigenvalue weighted by atomic mass is 10.00. The van der Waals surface area contributed by atoms with Crippen LogP contribution >= 0.6 is 0 Å². The van der Waals surface area contributed by atoms with Crippen molar-refractivity contribution >= 4 is 11.6 Å². The minimum absolute atomic E-state index is 0.776. The lowest BCUT2D eigenvalue weighted by molar-refractivity contribution is 0.273. The highest BCUT2D eigenvalue weighted by Gasteiger charge is 2.18. The molecule has 3 rings (SSSR count). The zero-order chi connectivity index (χ0) is 16.1. The number of pyridine rings is 1. The van der Waals surface area contributed by atoms with E-state index in [0.717, 1.165) is 55.8 Å². The summed E-state index contributed by atoms with van der Waals surface area (Å²) in [6.07, 6.45) is 7.53. The van der Waals surface area contributed by atoms with Gasteiger partial charge in [0.25, 0.3) is 0 Å². The van der Waals surface area contributed by atoms with Crippen molar-refractivity contribution in [3.63, 3.8) is 0 Å². The average Bonchev–Trinajstić information content (AvgIpc) is 2.97. The third-order valence-electron chi connectivity index (χ3n) is 4.46. The third-order valence-corrected chi connectivity index (χ3v) is 4.46. The lowest BCUT2D eigenvalue weighted by Crippen LogP contribution is -2.45. The van der Waals surface area contributed by atoms with Crippen molar-refractivity contribution in [2.75, 3.05) is 26.2 Å². The van der Waals surface area contributed by atoms with Crippen LogP contribution in [-0.4, -0.2) is 46.4 Å². The summed E-state index contributed by atoms with van der Waals surface area (Å²) in [7, 11) is 0. The summed E-state index contributed by atoms with van der Waals surface area (Å²) in [6, 6.07) is 6.08. The van der Waals surface area contributed by atoms with Crippen molar-refractivity contribution in [3.8, 4) is 0 Å². The number of nitrogens with zero attached hydrogens (tertiary/aromatic N) is 4. The molecule has 2 aromatic rings. The Morgan fingerprint density at radius 1 is 1.35 bits per heavy atom. The summed E-state index contributed by atoms with van der Waals surface area (Å²) in [6.45, 7) is 8.38. The molecular weight excluding hydrogens is 286 g/mol. The fourth-order valence-electron chi connectivity index (χ4n) is 3.03. The molecule has 1 fully saturated rings. The molecule has 1 aliphatic heterocycles. The van der Waals surface area contributed by atoms with E-state index in [1.54, 1.807) is 0 Å². The number of imidazole rings is 1. The largest absolute Gasteiger partial charge is 0.357 e. The second kappa shape index (κ2) is 7.49. The first-order valence-electron chi connectivity index (χ1n) is 8.72. The molecule has 0 aliphatic carbocycles. The van der Waals surface area contributed by atoms with Gasteiger partial charge >= 0.3 is 0 Å². The molecule has 2 aromatic heterocycles. The van der Waals surface area contributed by atoms with Crippen LogP contribution in [-0.2, 0) is 6.42 Å². The van der Waals surface area contributed by atoms with Gasteiger partial charge in [-0.3, -0.25) is 4.99 Å². The van der Waals surface area contributed by atoms with Gasteiger partial charge in [0.15, 0.2) is 5.96 Å². The molecule has 5 heteroatoms. The first kappa shape index (κ1) is 15.8. The van der Waals surface area contributed by atoms with E-state index in [0.29, 0.717) is 0 Å². The van der Waals surface area contributed by atoms with Gasteiger partial charge in [-0.25, -0.2) is 4.98 Å². The number of aromatic nitrogens is 2. The molecule has 0 spiro atoms. The van der Waals surface area contributed by atoms with Gasteiger partial charge in [-0.1, -0.05) is 13.0 Å². The fraction of sp³-hybridized carbons (Fsp3) is 0.556. The second-order valence-corrected chi connectivity index (χ2v) is 6.35. The van der Waals surface area contributed by atoms with E-state index in [2.05, 4.69) is 39.6 Å². The van der Waals surface area contributed by atoms with Crippen molar-refractivity contribution in [2.24, 2.45) is 10.9 Å². The molecule has 0 bridgehead atoms. The molecule has 3 heterocycles. The highest BCUT2D eigenvalue weighted by molar-refractivity contribution is 5.80. The predicted octanol–water partition coefficient (Wildman–Crippen LogP) is 2.57. The molecule has 124 valence electrons. The molecular formula is C18H27N5. The number of nitrogens with one attached hydrogen (secondary N) is 1. The quantitative estimate of drug-likeness (QED) is 0.697. The molecule has 1 aliphatic rings. The minimum atomic E-state index is 0.776. The Hall–Kier alpha value is -2.04. The third kappa shape index (κ3) is 4.03. The van der Waals surface area contributed by atoms with E-state index in [4.69, 9.17) is 4.99 Å². The maximum absolute atomic E-state index is 4.81. The predicted molar refractivity (Wildman–Crippen MR) is 94.8 cm³/mol. The van der Waals surface area contributed by atoms with Crippen LogP contribution in [0.1, 0.15) is 32.4 Å². The molecule has 0 unspecified atom stereocenters. The molecule has 0 amide bonds. The first-order chi connectivity index (χ1) is 11.3. The van der Waals surface area contributed by atoms with E-state index in [-0.39, 0.29) is 0 Å². The number of rotatable bonds is 4. The van der Waals surface area contributed by atoms with Crippen molar-refractivity contribution in [3.05, 3.63) is 36.3 Å². The molecule has 1 N–H and O–H groups in total. The Morgan fingerprint density at radius 2 is 2.17 bits per heavy atom. The van der Waals surface area contributed by atoms with E-state index >= 15 is 0 Å². The van der Waals surface area contributed by atoms with Gasteiger partial charge in [0.05, 0.1) is 5.69 Å². The summed E-state index contributed by atoms with van der Waals surface area (Å²) < 4.78 is 2.07. The van der Waals surface area contributed by atoms with Gasteiger partial charge in [0.2, 0.25) is 0 Å². The summed E-state index contributed by atoms with van der Waals surface area (Å²) in [5.74, 6) is 1.90. The summed E-state index contributed by atoms with van der Waals surface area (Å²) >= 11 is 0. The van der Waals surface area contributed by atoms with E-state index in [1.807, 2.05) is 24.4 Å². The molecule has 5 nitrogen and oxygen atoms in total. The number of hydrogen-bond acceptors (Lipinski definition) is 2. The van der Waals surface area contributed by atoms with Crippen LogP contribution in [0.3, 0.4) is 0 Å². The van der Waals surface area contributed by atoms with Gasteiger partial charge in [-0.2, -0.15) is 0 Å². The van der Waals surface area contributed by atoms with E-state index in [9.17, 15) is 0 Å². The van der Waals surface area contributed by atoms with Crippen molar-refractivity contribution in [1.29, 1.82) is 0 Å². The second-order valence-electron chi connectivity index (χ2n) is 6.35. The maximum Gasteiger partial charge on any atom is 0.193 e. The highest BCUT2D eigenvalue weighted by Crippen LogP contribution is 2.16. The van der Waals surface area contributed by atoms with Crippen LogP contribution in [0, 0.1) is 5.92 Å². The molecule has 0 aromatic carbocycles. The van der Waals surface area contributed by atoms with Gasteiger partial charge in [-0.15, -0.1) is 0 Å². The molecule has 0 atom stereocenters. The average molecular weight is 313 g/mol. The van der Waals surface area contributed by atoms with Crippen molar-refractivity contribution in [1.82, 2.24) is 19.6 Å². The van der Waals surface area contributed by atoms with Crippen LogP contribution in [0.15, 0.2) is 35.6 Å². The van der Waals surface area contributed by atoms with Gasteiger partial charge in [0.1, 0.15) is 5.65 Å². The van der Waals surface area contributed by atoms with E-state index in [1.165, 1.54) is 12.8 Å². The molecule has 0 radical (unpaired) electrons. The Balaban J connectivity index is 1.61. The van der Waals surface area contributed by atoms with Gasteiger partial charge in [-0.05, 0) is 37.8 Å². The normalized spacial score (nSPS) is 17.0. The minimum Gasteiger partial charge on any atom is -0.357 e. The monoisotopic (exact) mass is 313 g/mol. The number of guanidine groups is 1. The van der Waals surface area contributed by atoms with Gasteiger partial charge < -0.3 is 14.6 Å². The number of likely N-dealkylation sites (tertiary alicyclic amines) is 1. The molecule has 0 saturated carbocycles. The zero-order valence-corrected chi connectivity index (χ0v) is 14.2. The van der Waals surface area contributed by atoms with Crippen LogP contribution in [0.2, 0.25) is 0 Å². The topological polar surface area (TPSA) is 44.9 Å². The summed E-state index contributed by atoms with van der Waals surface area (Å²) in [4.78, 5) is 11.8. The summed E-state index contributed by atoms with van der Waals surface area (Å²) in [5.41, 5.74) is 2.10. The number of aliphatic imine (C=N–C) groups is 1. The number of piperidine rings is 1. The van der Waals surface area contributed by atoms with Gasteiger partial charge in [0, 0.05) is 45.0 Å². The Morgan fingerprint density at radius 3 is 2.91 bits per heavy atom. The van der Waals surface area contributed by atoms with Crippen molar-refractivity contribution in [2.45, 2.75) is 33.1 Å². The number of hydrogen-bond donors (Lipinski definition) is 1. The lowest BCUT2D eigenvalue weighted by Gasteiger charge is -2.33. The fourth-order valence-corrected chi connectivity index (χ4v) is 3.03. The van der Waals surface area contributed by atoms with Crippen LogP contribution < -0.4 is 5.32 Å². The summed E-state index contributed by atoms with van der Waals surface area (Å²) in [5, 5.41) is 3.43. The van der Waals surface area contributed by atoms with Crippen LogP contribution in [0.4, 0.5) is 0 Å². The standard InChI is InChI=1S/C18H27N5/c1-3-19-18(22-12-8-15(2)9-13-22)20-10-7-16-14-23-11-5-4-6-17(23)21-16/h4-6,11,14-15H,3,7-10,12-13H2,1-2H3,(H,19,20). The SMILES string of the molecule is CCNC(=NCCc1cn2ccccc2n1)N1CCC(C)CC1. The highest BCUT2D eigenvalue weighted by atomic mass is 15.3. The van der Waals surface area contributed by atoms with E-state index < -0.39 is 0 Å².